The minimum Gasteiger partial charge on any atom is -0.308 e. The summed E-state index contributed by atoms with van der Waals surface area (Å²) >= 11 is 0. The normalized spacial score (nSPS) is 16.7. The predicted molar refractivity (Wildman–Crippen MR) is 220 cm³/mol. The van der Waals surface area contributed by atoms with Crippen molar-refractivity contribution in [3.05, 3.63) is 231 Å². The van der Waals surface area contributed by atoms with Crippen LogP contribution >= 0.6 is 0 Å². The van der Waals surface area contributed by atoms with Gasteiger partial charge in [0, 0.05) is 37.2 Å². The Labute approximate surface area is 332 Å². The van der Waals surface area contributed by atoms with E-state index in [1.54, 1.807) is 0 Å². The van der Waals surface area contributed by atoms with Crippen LogP contribution in [-0.2, 0) is 16.2 Å². The van der Waals surface area contributed by atoms with Gasteiger partial charge in [-0.2, -0.15) is 0 Å². The molecule has 3 aliphatic heterocycles. The van der Waals surface area contributed by atoms with E-state index < -0.39 is 16.2 Å². The van der Waals surface area contributed by atoms with Gasteiger partial charge in [0.25, 0.3) is 0 Å². The van der Waals surface area contributed by atoms with Crippen LogP contribution < -0.4 is 4.90 Å². The van der Waals surface area contributed by atoms with Crippen molar-refractivity contribution in [1.82, 2.24) is 29.9 Å². The van der Waals surface area contributed by atoms with Gasteiger partial charge in [-0.25, -0.2) is 0 Å². The third-order valence-electron chi connectivity index (χ3n) is 14.1. The van der Waals surface area contributed by atoms with Gasteiger partial charge in [-0.15, -0.1) is 0 Å². The average Bonchev–Trinajstić information content (AvgIpc) is 3.87. The summed E-state index contributed by atoms with van der Waals surface area (Å²) in [5, 5.41) is 0. The molecule has 9 heterocycles. The molecule has 58 heavy (non-hydrogen) atoms. The third kappa shape index (κ3) is 2.81. The van der Waals surface area contributed by atoms with Gasteiger partial charge in [-0.1, -0.05) is 91.0 Å². The Morgan fingerprint density at radius 2 is 0.431 bits per heavy atom. The Morgan fingerprint density at radius 1 is 0.241 bits per heavy atom. The van der Waals surface area contributed by atoms with E-state index in [1.165, 1.54) is 50.4 Å². The van der Waals surface area contributed by atoms with Crippen LogP contribution in [0.4, 0.5) is 17.1 Å². The first-order valence-corrected chi connectivity index (χ1v) is 19.8. The van der Waals surface area contributed by atoms with Gasteiger partial charge in [-0.3, -0.25) is 29.9 Å². The minimum absolute atomic E-state index is 0.727. The van der Waals surface area contributed by atoms with Crippen molar-refractivity contribution in [2.75, 3.05) is 4.90 Å². The van der Waals surface area contributed by atoms with Crippen molar-refractivity contribution in [3.8, 4) is 34.2 Å². The van der Waals surface area contributed by atoms with E-state index in [0.717, 1.165) is 67.5 Å². The van der Waals surface area contributed by atoms with Gasteiger partial charge in [0.15, 0.2) is 0 Å². The van der Waals surface area contributed by atoms with Gasteiger partial charge < -0.3 is 4.90 Å². The lowest BCUT2D eigenvalue weighted by molar-refractivity contribution is 0.668. The summed E-state index contributed by atoms with van der Waals surface area (Å²) in [5.74, 6) is 0. The molecule has 3 spiro atoms. The molecular formula is C51H27N7. The standard InChI is InChI=1S/C51H27N7/c1-10-34-46-35(11-1)50(30-18-6-24-54-42(30)43-31(50)19-7-25-55-43)37-13-3-15-39-48(37)58(46)47-36(49(34)28-16-4-22-52-40(28)41-29(49)17-5-23-53-41)12-2-14-38(47)51(39)32-20-8-26-56-44(32)45-33(51)21-9-27-57-45/h1-27H. The van der Waals surface area contributed by atoms with E-state index in [9.17, 15) is 0 Å². The second-order valence-electron chi connectivity index (χ2n) is 16.1. The van der Waals surface area contributed by atoms with E-state index in [-0.39, 0.29) is 0 Å². The summed E-state index contributed by atoms with van der Waals surface area (Å²) in [7, 11) is 0. The van der Waals surface area contributed by atoms with Crippen LogP contribution in [0.2, 0.25) is 0 Å². The summed E-state index contributed by atoms with van der Waals surface area (Å²) in [6, 6.07) is 47.1. The molecule has 0 fully saturated rings. The van der Waals surface area contributed by atoms with E-state index in [4.69, 9.17) is 29.9 Å². The van der Waals surface area contributed by atoms with Crippen molar-refractivity contribution in [1.29, 1.82) is 0 Å². The van der Waals surface area contributed by atoms with Crippen molar-refractivity contribution in [2.45, 2.75) is 16.2 Å². The van der Waals surface area contributed by atoms with Gasteiger partial charge in [0.1, 0.15) is 0 Å². The maximum absolute atomic E-state index is 5.09. The Balaban J connectivity index is 1.23. The quantitative estimate of drug-likeness (QED) is 0.153. The molecule has 266 valence electrons. The summed E-state index contributed by atoms with van der Waals surface area (Å²) in [6.07, 6.45) is 11.4. The molecule has 0 saturated heterocycles. The second-order valence-corrected chi connectivity index (χ2v) is 16.1. The molecule has 3 aliphatic carbocycles. The van der Waals surface area contributed by atoms with E-state index >= 15 is 0 Å². The average molecular weight is 738 g/mol. The fourth-order valence-electron chi connectivity index (χ4n) is 12.5. The molecular weight excluding hydrogens is 711 g/mol. The molecule has 0 N–H and O–H groups in total. The Kier molecular flexibility index (Phi) is 4.93. The van der Waals surface area contributed by atoms with Crippen LogP contribution in [0.25, 0.3) is 34.2 Å². The molecule has 9 aromatic rings. The molecule has 0 atom stereocenters. The zero-order chi connectivity index (χ0) is 37.5. The summed E-state index contributed by atoms with van der Waals surface area (Å²) in [4.78, 5) is 33.2. The summed E-state index contributed by atoms with van der Waals surface area (Å²) in [5.41, 5.74) is 21.1. The zero-order valence-electron chi connectivity index (χ0n) is 30.7. The first kappa shape index (κ1) is 29.6. The number of rotatable bonds is 0. The molecule has 0 saturated carbocycles. The number of benzene rings is 3. The first-order valence-electron chi connectivity index (χ1n) is 19.8. The third-order valence-corrected chi connectivity index (χ3v) is 14.1. The van der Waals surface area contributed by atoms with Crippen molar-refractivity contribution in [2.24, 2.45) is 0 Å². The molecule has 7 heteroatoms. The number of hydrogen-bond acceptors (Lipinski definition) is 7. The summed E-state index contributed by atoms with van der Waals surface area (Å²) in [6.45, 7) is 0. The van der Waals surface area contributed by atoms with Crippen LogP contribution in [0.1, 0.15) is 66.8 Å². The fourth-order valence-corrected chi connectivity index (χ4v) is 12.5. The lowest BCUT2D eigenvalue weighted by atomic mass is 9.54. The van der Waals surface area contributed by atoms with Crippen LogP contribution in [0.3, 0.4) is 0 Å². The Morgan fingerprint density at radius 3 is 0.638 bits per heavy atom. The largest absolute Gasteiger partial charge is 0.308 e. The molecule has 0 amide bonds. The fraction of sp³-hybridized carbons (Fsp3) is 0.0588. The Hall–Kier alpha value is -7.64. The maximum Gasteiger partial charge on any atom is 0.0937 e. The predicted octanol–water partition coefficient (Wildman–Crippen LogP) is 9.56. The molecule has 0 radical (unpaired) electrons. The highest BCUT2D eigenvalue weighted by Gasteiger charge is 2.64. The Bertz CT molecular complexity index is 2840. The molecule has 0 bridgehead atoms. The maximum atomic E-state index is 5.09. The lowest BCUT2D eigenvalue weighted by Gasteiger charge is -2.56. The smallest absolute Gasteiger partial charge is 0.0937 e. The lowest BCUT2D eigenvalue weighted by Crippen LogP contribution is -2.48. The molecule has 6 aromatic heterocycles. The number of anilines is 3. The highest BCUT2D eigenvalue weighted by molar-refractivity contribution is 6.06. The van der Waals surface area contributed by atoms with Crippen LogP contribution in [-0.4, -0.2) is 29.9 Å². The monoisotopic (exact) mass is 737 g/mol. The van der Waals surface area contributed by atoms with Crippen LogP contribution in [0, 0.1) is 0 Å². The molecule has 3 aromatic carbocycles. The molecule has 15 rings (SSSR count). The molecule has 7 nitrogen and oxygen atoms in total. The number of aromatic nitrogens is 6. The number of fused-ring (bicyclic) bond motifs is 21. The zero-order valence-corrected chi connectivity index (χ0v) is 30.7. The van der Waals surface area contributed by atoms with Gasteiger partial charge in [-0.05, 0) is 103 Å². The van der Waals surface area contributed by atoms with Crippen LogP contribution in [0.5, 0.6) is 0 Å². The van der Waals surface area contributed by atoms with E-state index in [0.29, 0.717) is 0 Å². The van der Waals surface area contributed by atoms with Crippen molar-refractivity contribution < 1.29 is 0 Å². The topological polar surface area (TPSA) is 80.6 Å². The number of hydrogen-bond donors (Lipinski definition) is 0. The van der Waals surface area contributed by atoms with Crippen molar-refractivity contribution in [3.63, 3.8) is 0 Å². The first-order chi connectivity index (χ1) is 28.8. The van der Waals surface area contributed by atoms with Crippen molar-refractivity contribution >= 4 is 17.1 Å². The second kappa shape index (κ2) is 9.65. The van der Waals surface area contributed by atoms with Gasteiger partial charge >= 0.3 is 0 Å². The van der Waals surface area contributed by atoms with E-state index in [1.807, 2.05) is 37.2 Å². The van der Waals surface area contributed by atoms with Gasteiger partial charge in [0.2, 0.25) is 0 Å². The number of para-hydroxylation sites is 3. The molecule has 0 unspecified atom stereocenters. The number of pyridine rings is 6. The summed E-state index contributed by atoms with van der Waals surface area (Å²) < 4.78 is 0. The minimum atomic E-state index is -0.727. The SMILES string of the molecule is c1cnc2c(c1)C1(c3cccnc3-2)c2cccc3c2N2c4c1cccc4C1(c4cccnc4-c4ncccc41)c1cccc(c12)C31c2cccnc2-c2ncccc21. The highest BCUT2D eigenvalue weighted by atomic mass is 15.2. The van der Waals surface area contributed by atoms with Gasteiger partial charge in [0.05, 0.1) is 67.5 Å². The highest BCUT2D eigenvalue weighted by Crippen LogP contribution is 2.74. The van der Waals surface area contributed by atoms with Crippen LogP contribution in [0.15, 0.2) is 165 Å². The number of nitrogens with zero attached hydrogens (tertiary/aromatic N) is 7. The molecule has 6 aliphatic rings. The van der Waals surface area contributed by atoms with E-state index in [2.05, 4.69) is 132 Å².